The summed E-state index contributed by atoms with van der Waals surface area (Å²) in [6.07, 6.45) is 30.3. The van der Waals surface area contributed by atoms with Gasteiger partial charge >= 0.3 is 0 Å². The lowest BCUT2D eigenvalue weighted by Crippen LogP contribution is -1.97. The number of hydrogen-bond donors (Lipinski definition) is 1. The molecule has 0 radical (unpaired) electrons. The molecule has 0 aromatic heterocycles. The summed E-state index contributed by atoms with van der Waals surface area (Å²) in [5, 5.41) is 0. The van der Waals surface area contributed by atoms with Gasteiger partial charge in [0.2, 0.25) is 0 Å². The van der Waals surface area contributed by atoms with Gasteiger partial charge in [0.15, 0.2) is 0 Å². The van der Waals surface area contributed by atoms with E-state index in [1.807, 2.05) is 6.08 Å². The summed E-state index contributed by atoms with van der Waals surface area (Å²) in [4.78, 5) is 0. The third kappa shape index (κ3) is 21.7. The molecule has 24 heavy (non-hydrogen) atoms. The minimum Gasteiger partial charge on any atom is -0.330 e. The van der Waals surface area contributed by atoms with Crippen LogP contribution in [0, 0.1) is 0 Å². The summed E-state index contributed by atoms with van der Waals surface area (Å²) in [5.74, 6) is 0. The van der Waals surface area contributed by atoms with Crippen molar-refractivity contribution >= 4 is 0 Å². The summed E-state index contributed by atoms with van der Waals surface area (Å²) >= 11 is 0. The van der Waals surface area contributed by atoms with Gasteiger partial charge < -0.3 is 5.73 Å². The van der Waals surface area contributed by atoms with Crippen molar-refractivity contribution in [3.8, 4) is 0 Å². The van der Waals surface area contributed by atoms with E-state index in [4.69, 9.17) is 5.73 Å². The topological polar surface area (TPSA) is 26.0 Å². The Balaban J connectivity index is 2.94. The molecule has 0 amide bonds. The summed E-state index contributed by atoms with van der Waals surface area (Å²) in [6.45, 7) is 4.65. The first-order valence-electron chi connectivity index (χ1n) is 11.2. The van der Waals surface area contributed by atoms with Gasteiger partial charge in [-0.3, -0.25) is 0 Å². The molecule has 2 N–H and O–H groups in total. The first-order chi connectivity index (χ1) is 11.9. The van der Waals surface area contributed by atoms with Gasteiger partial charge in [-0.15, -0.1) is 6.58 Å². The Morgan fingerprint density at radius 1 is 0.417 bits per heavy atom. The molecule has 0 fully saturated rings. The normalized spacial score (nSPS) is 11.0. The summed E-state index contributed by atoms with van der Waals surface area (Å²) in [7, 11) is 0. The van der Waals surface area contributed by atoms with Crippen molar-refractivity contribution in [2.45, 2.75) is 128 Å². The van der Waals surface area contributed by atoms with Gasteiger partial charge in [-0.25, -0.2) is 0 Å². The van der Waals surface area contributed by atoms with E-state index in [-0.39, 0.29) is 0 Å². The molecule has 0 aromatic rings. The number of nitrogens with two attached hydrogens (primary N) is 1. The molecule has 0 rings (SSSR count). The van der Waals surface area contributed by atoms with Crippen molar-refractivity contribution in [2.75, 3.05) is 6.54 Å². The Kier molecular flexibility index (Phi) is 22.4. The van der Waals surface area contributed by atoms with Gasteiger partial charge in [0.25, 0.3) is 0 Å². The van der Waals surface area contributed by atoms with E-state index in [2.05, 4.69) is 6.58 Å². The fraction of sp³-hybridized carbons (Fsp3) is 0.913. The molecule has 0 aliphatic rings. The zero-order valence-electron chi connectivity index (χ0n) is 16.7. The van der Waals surface area contributed by atoms with Crippen LogP contribution in [0.3, 0.4) is 0 Å². The third-order valence-electron chi connectivity index (χ3n) is 5.11. The monoisotopic (exact) mass is 337 g/mol. The van der Waals surface area contributed by atoms with Gasteiger partial charge in [0.1, 0.15) is 0 Å². The maximum atomic E-state index is 5.51. The molecule has 0 heterocycles. The van der Waals surface area contributed by atoms with Crippen molar-refractivity contribution in [2.24, 2.45) is 5.73 Å². The van der Waals surface area contributed by atoms with Crippen LogP contribution in [0.15, 0.2) is 12.7 Å². The predicted octanol–water partition coefficient (Wildman–Crippen LogP) is 7.93. The smallest absolute Gasteiger partial charge is 0.00773 e. The Morgan fingerprint density at radius 3 is 0.917 bits per heavy atom. The summed E-state index contributed by atoms with van der Waals surface area (Å²) in [6, 6.07) is 0. The molecular formula is C23H47N. The van der Waals surface area contributed by atoms with Gasteiger partial charge in [-0.1, -0.05) is 115 Å². The highest BCUT2D eigenvalue weighted by atomic mass is 14.5. The highest BCUT2D eigenvalue weighted by Gasteiger charge is 1.95. The van der Waals surface area contributed by atoms with Gasteiger partial charge in [-0.05, 0) is 25.8 Å². The number of unbranched alkanes of at least 4 members (excludes halogenated alkanes) is 19. The largest absolute Gasteiger partial charge is 0.330 e. The van der Waals surface area contributed by atoms with E-state index in [0.717, 1.165) is 6.54 Å². The Bertz CT molecular complexity index is 224. The highest BCUT2D eigenvalue weighted by Crippen LogP contribution is 2.14. The predicted molar refractivity (Wildman–Crippen MR) is 112 cm³/mol. The third-order valence-corrected chi connectivity index (χ3v) is 5.11. The summed E-state index contributed by atoms with van der Waals surface area (Å²) < 4.78 is 0. The zero-order valence-corrected chi connectivity index (χ0v) is 16.7. The van der Waals surface area contributed by atoms with Crippen molar-refractivity contribution in [1.29, 1.82) is 0 Å². The molecule has 0 spiro atoms. The van der Waals surface area contributed by atoms with Crippen LogP contribution < -0.4 is 5.73 Å². The fourth-order valence-corrected chi connectivity index (χ4v) is 3.44. The van der Waals surface area contributed by atoms with E-state index in [1.54, 1.807) is 0 Å². The fourth-order valence-electron chi connectivity index (χ4n) is 3.44. The minimum absolute atomic E-state index is 0.871. The van der Waals surface area contributed by atoms with E-state index >= 15 is 0 Å². The van der Waals surface area contributed by atoms with E-state index < -0.39 is 0 Å². The van der Waals surface area contributed by atoms with Crippen molar-refractivity contribution < 1.29 is 0 Å². The molecule has 0 atom stereocenters. The number of hydrogen-bond acceptors (Lipinski definition) is 1. The lowest BCUT2D eigenvalue weighted by molar-refractivity contribution is 0.523. The highest BCUT2D eigenvalue weighted by molar-refractivity contribution is 4.65. The van der Waals surface area contributed by atoms with Crippen LogP contribution in [0.2, 0.25) is 0 Å². The van der Waals surface area contributed by atoms with Gasteiger partial charge in [0, 0.05) is 0 Å². The SMILES string of the molecule is C=CCCCCCCCCCCCCCCCCCCCCCN. The molecular weight excluding hydrogens is 290 g/mol. The Labute approximate surface area is 153 Å². The maximum Gasteiger partial charge on any atom is -0.00773 e. The molecule has 0 aliphatic carbocycles. The second kappa shape index (κ2) is 22.7. The first kappa shape index (κ1) is 23.7. The molecule has 1 heteroatoms. The maximum absolute atomic E-state index is 5.51. The van der Waals surface area contributed by atoms with Crippen molar-refractivity contribution in [3.05, 3.63) is 12.7 Å². The molecule has 1 nitrogen and oxygen atoms in total. The van der Waals surface area contributed by atoms with Crippen molar-refractivity contribution in [3.63, 3.8) is 0 Å². The number of rotatable bonds is 21. The zero-order chi connectivity index (χ0) is 17.6. The van der Waals surface area contributed by atoms with Crippen LogP contribution in [-0.4, -0.2) is 6.54 Å². The molecule has 0 aromatic carbocycles. The molecule has 144 valence electrons. The van der Waals surface area contributed by atoms with Gasteiger partial charge in [-0.2, -0.15) is 0 Å². The van der Waals surface area contributed by atoms with Crippen LogP contribution in [0.1, 0.15) is 128 Å². The summed E-state index contributed by atoms with van der Waals surface area (Å²) in [5.41, 5.74) is 5.51. The number of allylic oxidation sites excluding steroid dienone is 1. The minimum atomic E-state index is 0.871. The van der Waals surface area contributed by atoms with Crippen molar-refractivity contribution in [1.82, 2.24) is 0 Å². The standard InChI is InChI=1S/C23H47N/c1-2-3-4-5-6-7-8-9-10-11-12-13-14-15-16-17-18-19-20-21-22-23-24/h2H,1,3-24H2. The van der Waals surface area contributed by atoms with E-state index in [1.165, 1.54) is 128 Å². The van der Waals surface area contributed by atoms with Gasteiger partial charge in [0.05, 0.1) is 0 Å². The lowest BCUT2D eigenvalue weighted by Gasteiger charge is -2.04. The van der Waals surface area contributed by atoms with Crippen LogP contribution in [0.5, 0.6) is 0 Å². The van der Waals surface area contributed by atoms with Crippen LogP contribution >= 0.6 is 0 Å². The average molecular weight is 338 g/mol. The van der Waals surface area contributed by atoms with E-state index in [0.29, 0.717) is 0 Å². The Morgan fingerprint density at radius 2 is 0.667 bits per heavy atom. The molecule has 0 bridgehead atoms. The average Bonchev–Trinajstić information content (AvgIpc) is 2.60. The lowest BCUT2D eigenvalue weighted by atomic mass is 10.0. The Hall–Kier alpha value is -0.300. The quantitative estimate of drug-likeness (QED) is 0.167. The molecule has 0 aliphatic heterocycles. The molecule has 0 unspecified atom stereocenters. The molecule has 0 saturated heterocycles. The first-order valence-corrected chi connectivity index (χ1v) is 11.2. The second-order valence-electron chi connectivity index (χ2n) is 7.58. The van der Waals surface area contributed by atoms with Crippen LogP contribution in [0.25, 0.3) is 0 Å². The van der Waals surface area contributed by atoms with E-state index in [9.17, 15) is 0 Å². The van der Waals surface area contributed by atoms with Crippen LogP contribution in [0.4, 0.5) is 0 Å². The van der Waals surface area contributed by atoms with Crippen LogP contribution in [-0.2, 0) is 0 Å². The molecule has 0 saturated carbocycles. The second-order valence-corrected chi connectivity index (χ2v) is 7.58.